The number of nitrogens with two attached hydrogens (primary N) is 1. The molecule has 0 saturated heterocycles. The van der Waals surface area contributed by atoms with E-state index in [9.17, 15) is 0 Å². The number of allylic oxidation sites excluding steroid dienone is 2. The first-order valence-electron chi connectivity index (χ1n) is 3.71. The molecule has 1 heteroatoms. The van der Waals surface area contributed by atoms with Gasteiger partial charge in [-0.15, -0.1) is 6.58 Å². The van der Waals surface area contributed by atoms with Crippen LogP contribution in [0.4, 0.5) is 0 Å². The summed E-state index contributed by atoms with van der Waals surface area (Å²) in [5.74, 6) is 1.21. The van der Waals surface area contributed by atoms with Crippen molar-refractivity contribution in [2.24, 2.45) is 17.6 Å². The minimum atomic E-state index is 0.558. The first kappa shape index (κ1) is 9.28. The molecule has 0 aliphatic heterocycles. The highest BCUT2D eigenvalue weighted by Gasteiger charge is 2.05. The van der Waals surface area contributed by atoms with Gasteiger partial charge in [0.25, 0.3) is 0 Å². The van der Waals surface area contributed by atoms with E-state index < -0.39 is 0 Å². The van der Waals surface area contributed by atoms with Crippen LogP contribution in [0.3, 0.4) is 0 Å². The fourth-order valence-corrected chi connectivity index (χ4v) is 0.842. The summed E-state index contributed by atoms with van der Waals surface area (Å²) in [6, 6.07) is 0. The van der Waals surface area contributed by atoms with Crippen molar-refractivity contribution in [2.45, 2.75) is 20.3 Å². The van der Waals surface area contributed by atoms with Crippen LogP contribution >= 0.6 is 0 Å². The van der Waals surface area contributed by atoms with Gasteiger partial charge < -0.3 is 5.73 Å². The van der Waals surface area contributed by atoms with Gasteiger partial charge >= 0.3 is 0 Å². The second-order valence-corrected chi connectivity index (χ2v) is 2.75. The normalized spacial score (nSPS) is 17.0. The average Bonchev–Trinajstić information content (AvgIpc) is 1.89. The third kappa shape index (κ3) is 3.33. The lowest BCUT2D eigenvalue weighted by molar-refractivity contribution is 0.465. The lowest BCUT2D eigenvalue weighted by Crippen LogP contribution is -2.04. The Labute approximate surface area is 63.6 Å². The lowest BCUT2D eigenvalue weighted by Gasteiger charge is -2.13. The molecule has 0 fully saturated rings. The van der Waals surface area contributed by atoms with Gasteiger partial charge in [-0.1, -0.05) is 26.0 Å². The minimum Gasteiger partial charge on any atom is -0.405 e. The Balaban J connectivity index is 3.68. The van der Waals surface area contributed by atoms with Gasteiger partial charge in [0, 0.05) is 0 Å². The zero-order valence-corrected chi connectivity index (χ0v) is 6.88. The Morgan fingerprint density at radius 1 is 1.50 bits per heavy atom. The number of rotatable bonds is 4. The molecule has 0 amide bonds. The van der Waals surface area contributed by atoms with E-state index in [1.54, 1.807) is 6.20 Å². The van der Waals surface area contributed by atoms with Gasteiger partial charge in [-0.05, 0) is 24.5 Å². The molecule has 0 aliphatic rings. The standard InChI is InChI=1S/C9H17N/c1-4-5-8(2)9(3)6-7-10/h4,6-9H,1,5,10H2,2-3H3/b7-6-. The topological polar surface area (TPSA) is 26.0 Å². The molecule has 1 nitrogen and oxygen atoms in total. The summed E-state index contributed by atoms with van der Waals surface area (Å²) < 4.78 is 0. The summed E-state index contributed by atoms with van der Waals surface area (Å²) in [7, 11) is 0. The molecule has 2 atom stereocenters. The molecule has 10 heavy (non-hydrogen) atoms. The minimum absolute atomic E-state index is 0.558. The van der Waals surface area contributed by atoms with E-state index in [2.05, 4.69) is 20.4 Å². The van der Waals surface area contributed by atoms with Crippen LogP contribution in [0, 0.1) is 11.8 Å². The summed E-state index contributed by atoms with van der Waals surface area (Å²) in [4.78, 5) is 0. The van der Waals surface area contributed by atoms with Gasteiger partial charge in [-0.2, -0.15) is 0 Å². The van der Waals surface area contributed by atoms with Gasteiger partial charge in [-0.3, -0.25) is 0 Å². The van der Waals surface area contributed by atoms with E-state index >= 15 is 0 Å². The smallest absolute Gasteiger partial charge is 0.0100 e. The Morgan fingerprint density at radius 2 is 2.10 bits per heavy atom. The molecule has 2 N–H and O–H groups in total. The lowest BCUT2D eigenvalue weighted by atomic mass is 9.93. The molecule has 0 spiro atoms. The molecular weight excluding hydrogens is 122 g/mol. The highest BCUT2D eigenvalue weighted by atomic mass is 14.5. The van der Waals surface area contributed by atoms with E-state index in [-0.39, 0.29) is 0 Å². The Bertz CT molecular complexity index is 116. The zero-order chi connectivity index (χ0) is 7.98. The van der Waals surface area contributed by atoms with Gasteiger partial charge in [-0.25, -0.2) is 0 Å². The van der Waals surface area contributed by atoms with Crippen molar-refractivity contribution in [2.75, 3.05) is 0 Å². The maximum absolute atomic E-state index is 5.26. The summed E-state index contributed by atoms with van der Waals surface area (Å²) >= 11 is 0. The molecule has 0 heterocycles. The highest BCUT2D eigenvalue weighted by molar-refractivity contribution is 4.87. The molecule has 0 radical (unpaired) electrons. The molecule has 0 rings (SSSR count). The van der Waals surface area contributed by atoms with E-state index in [4.69, 9.17) is 5.73 Å². The van der Waals surface area contributed by atoms with Crippen LogP contribution < -0.4 is 5.73 Å². The molecular formula is C9H17N. The van der Waals surface area contributed by atoms with Crippen LogP contribution in [-0.2, 0) is 0 Å². The Kier molecular flexibility index (Phi) is 4.73. The van der Waals surface area contributed by atoms with Crippen LogP contribution in [0.1, 0.15) is 20.3 Å². The highest BCUT2D eigenvalue weighted by Crippen LogP contribution is 2.15. The SMILES string of the molecule is C=CCC(C)C(C)/C=C\N. The van der Waals surface area contributed by atoms with Crippen LogP contribution in [0.25, 0.3) is 0 Å². The molecule has 0 bridgehead atoms. The Hall–Kier alpha value is -0.720. The summed E-state index contributed by atoms with van der Waals surface area (Å²) in [5, 5.41) is 0. The molecule has 0 aromatic rings. The summed E-state index contributed by atoms with van der Waals surface area (Å²) in [6.45, 7) is 8.05. The van der Waals surface area contributed by atoms with Crippen molar-refractivity contribution in [1.82, 2.24) is 0 Å². The second-order valence-electron chi connectivity index (χ2n) is 2.75. The summed E-state index contributed by atoms with van der Waals surface area (Å²) in [5.41, 5.74) is 5.26. The van der Waals surface area contributed by atoms with Crippen molar-refractivity contribution in [3.05, 3.63) is 24.9 Å². The first-order valence-corrected chi connectivity index (χ1v) is 3.71. The van der Waals surface area contributed by atoms with Crippen molar-refractivity contribution in [3.8, 4) is 0 Å². The van der Waals surface area contributed by atoms with Gasteiger partial charge in [0.05, 0.1) is 0 Å². The third-order valence-electron chi connectivity index (χ3n) is 1.85. The maximum atomic E-state index is 5.26. The van der Waals surface area contributed by atoms with E-state index in [1.165, 1.54) is 0 Å². The predicted octanol–water partition coefficient (Wildman–Crippen LogP) is 2.31. The monoisotopic (exact) mass is 139 g/mol. The molecule has 0 aromatic carbocycles. The van der Waals surface area contributed by atoms with Crippen molar-refractivity contribution in [1.29, 1.82) is 0 Å². The molecule has 0 saturated carbocycles. The fraction of sp³-hybridized carbons (Fsp3) is 0.556. The van der Waals surface area contributed by atoms with Crippen molar-refractivity contribution >= 4 is 0 Å². The third-order valence-corrected chi connectivity index (χ3v) is 1.85. The van der Waals surface area contributed by atoms with Crippen molar-refractivity contribution < 1.29 is 0 Å². The molecule has 0 aliphatic carbocycles. The zero-order valence-electron chi connectivity index (χ0n) is 6.88. The van der Waals surface area contributed by atoms with Crippen LogP contribution in [0.5, 0.6) is 0 Å². The Morgan fingerprint density at radius 3 is 2.50 bits per heavy atom. The van der Waals surface area contributed by atoms with E-state index in [0.717, 1.165) is 6.42 Å². The van der Waals surface area contributed by atoms with Crippen LogP contribution in [-0.4, -0.2) is 0 Å². The van der Waals surface area contributed by atoms with Crippen molar-refractivity contribution in [3.63, 3.8) is 0 Å². The van der Waals surface area contributed by atoms with E-state index in [0.29, 0.717) is 11.8 Å². The van der Waals surface area contributed by atoms with E-state index in [1.807, 2.05) is 12.2 Å². The largest absolute Gasteiger partial charge is 0.405 e. The second kappa shape index (κ2) is 5.10. The quantitative estimate of drug-likeness (QED) is 0.594. The van der Waals surface area contributed by atoms with Gasteiger partial charge in [0.15, 0.2) is 0 Å². The molecule has 2 unspecified atom stereocenters. The molecule has 58 valence electrons. The van der Waals surface area contributed by atoms with Crippen LogP contribution in [0.2, 0.25) is 0 Å². The fourth-order valence-electron chi connectivity index (χ4n) is 0.842. The van der Waals surface area contributed by atoms with Crippen LogP contribution in [0.15, 0.2) is 24.9 Å². The maximum Gasteiger partial charge on any atom is -0.0100 e. The predicted molar refractivity (Wildman–Crippen MR) is 46.5 cm³/mol. The number of hydrogen-bond donors (Lipinski definition) is 1. The number of hydrogen-bond acceptors (Lipinski definition) is 1. The van der Waals surface area contributed by atoms with Gasteiger partial charge in [0.2, 0.25) is 0 Å². The molecule has 0 aromatic heterocycles. The first-order chi connectivity index (χ1) is 4.72. The summed E-state index contributed by atoms with van der Waals surface area (Å²) in [6.07, 6.45) is 6.65. The average molecular weight is 139 g/mol. The van der Waals surface area contributed by atoms with Gasteiger partial charge in [0.1, 0.15) is 0 Å².